The van der Waals surface area contributed by atoms with Crippen molar-refractivity contribution in [2.45, 2.75) is 45.6 Å². The fourth-order valence-electron chi connectivity index (χ4n) is 3.24. The minimum absolute atomic E-state index is 0.0648. The Kier molecular flexibility index (Phi) is 6.08. The highest BCUT2D eigenvalue weighted by Gasteiger charge is 2.26. The van der Waals surface area contributed by atoms with Gasteiger partial charge in [0.2, 0.25) is 5.89 Å². The largest absolute Gasteiger partial charge is 0.376 e. The van der Waals surface area contributed by atoms with Gasteiger partial charge in [0.05, 0.1) is 12.7 Å². The second-order valence-corrected chi connectivity index (χ2v) is 7.34. The van der Waals surface area contributed by atoms with Crippen molar-refractivity contribution in [3.05, 3.63) is 35.7 Å². The number of hydrogen-bond donors (Lipinski definition) is 0. The van der Waals surface area contributed by atoms with Crippen LogP contribution in [-0.2, 0) is 24.6 Å². The van der Waals surface area contributed by atoms with Gasteiger partial charge in [-0.15, -0.1) is 0 Å². The molecule has 1 amide bonds. The van der Waals surface area contributed by atoms with E-state index in [1.54, 1.807) is 0 Å². The van der Waals surface area contributed by atoms with Crippen LogP contribution in [0.4, 0.5) is 0 Å². The molecule has 0 bridgehead atoms. The molecule has 0 spiro atoms. The summed E-state index contributed by atoms with van der Waals surface area (Å²) in [4.78, 5) is 18.9. The lowest BCUT2D eigenvalue weighted by molar-refractivity contribution is 0.00220. The van der Waals surface area contributed by atoms with Gasteiger partial charge in [0.1, 0.15) is 5.69 Å². The van der Waals surface area contributed by atoms with Gasteiger partial charge in [-0.2, -0.15) is 4.98 Å². The number of ether oxygens (including phenoxy) is 1. The van der Waals surface area contributed by atoms with Crippen LogP contribution in [0.15, 0.2) is 22.9 Å². The van der Waals surface area contributed by atoms with Crippen molar-refractivity contribution in [1.29, 1.82) is 0 Å². The SMILES string of the molecule is CC(C)Cc1nc(CCOC2CCCN(C(=O)c3cccn3C)C2)no1. The van der Waals surface area contributed by atoms with Crippen molar-refractivity contribution >= 4 is 5.91 Å². The van der Waals surface area contributed by atoms with Crippen LogP contribution < -0.4 is 0 Å². The molecule has 0 aromatic carbocycles. The van der Waals surface area contributed by atoms with Crippen molar-refractivity contribution in [2.24, 2.45) is 13.0 Å². The lowest BCUT2D eigenvalue weighted by Crippen LogP contribution is -2.43. The Morgan fingerprint density at radius 2 is 2.31 bits per heavy atom. The quantitative estimate of drug-likeness (QED) is 0.758. The molecule has 142 valence electrons. The van der Waals surface area contributed by atoms with E-state index < -0.39 is 0 Å². The summed E-state index contributed by atoms with van der Waals surface area (Å²) in [6, 6.07) is 3.75. The van der Waals surface area contributed by atoms with Gasteiger partial charge in [-0.1, -0.05) is 19.0 Å². The van der Waals surface area contributed by atoms with E-state index in [-0.39, 0.29) is 12.0 Å². The lowest BCUT2D eigenvalue weighted by Gasteiger charge is -2.32. The highest BCUT2D eigenvalue weighted by molar-refractivity contribution is 5.92. The third-order valence-electron chi connectivity index (χ3n) is 4.60. The molecule has 0 radical (unpaired) electrons. The van der Waals surface area contributed by atoms with Gasteiger partial charge in [-0.25, -0.2) is 0 Å². The molecule has 1 aliphatic rings. The third-order valence-corrected chi connectivity index (χ3v) is 4.60. The van der Waals surface area contributed by atoms with Crippen LogP contribution >= 0.6 is 0 Å². The molecule has 7 heteroatoms. The third kappa shape index (κ3) is 4.72. The molecule has 1 aliphatic heterocycles. The van der Waals surface area contributed by atoms with Gasteiger partial charge in [0, 0.05) is 39.2 Å². The van der Waals surface area contributed by atoms with Crippen molar-refractivity contribution in [3.63, 3.8) is 0 Å². The Morgan fingerprint density at radius 3 is 3.04 bits per heavy atom. The van der Waals surface area contributed by atoms with E-state index in [1.807, 2.05) is 34.8 Å². The van der Waals surface area contributed by atoms with E-state index in [4.69, 9.17) is 9.26 Å². The summed E-state index contributed by atoms with van der Waals surface area (Å²) in [5, 5.41) is 4.01. The number of nitrogens with zero attached hydrogens (tertiary/aromatic N) is 4. The van der Waals surface area contributed by atoms with Gasteiger partial charge in [-0.3, -0.25) is 4.79 Å². The number of carbonyl (C=O) groups is 1. The molecule has 3 heterocycles. The van der Waals surface area contributed by atoms with E-state index in [0.29, 0.717) is 37.2 Å². The van der Waals surface area contributed by atoms with E-state index in [2.05, 4.69) is 24.0 Å². The zero-order valence-corrected chi connectivity index (χ0v) is 15.9. The van der Waals surface area contributed by atoms with E-state index in [9.17, 15) is 4.79 Å². The first-order chi connectivity index (χ1) is 12.5. The Labute approximate surface area is 154 Å². The molecule has 0 saturated carbocycles. The van der Waals surface area contributed by atoms with Crippen LogP contribution in [0.2, 0.25) is 0 Å². The summed E-state index contributed by atoms with van der Waals surface area (Å²) >= 11 is 0. The number of likely N-dealkylation sites (tertiary alicyclic amines) is 1. The van der Waals surface area contributed by atoms with Crippen LogP contribution in [0.25, 0.3) is 0 Å². The predicted molar refractivity (Wildman–Crippen MR) is 96.8 cm³/mol. The number of piperidine rings is 1. The molecule has 2 aromatic heterocycles. The van der Waals surface area contributed by atoms with Gasteiger partial charge in [0.15, 0.2) is 5.82 Å². The minimum Gasteiger partial charge on any atom is -0.376 e. The normalized spacial score (nSPS) is 17.8. The smallest absolute Gasteiger partial charge is 0.270 e. The summed E-state index contributed by atoms with van der Waals surface area (Å²) in [5.74, 6) is 1.94. The standard InChI is InChI=1S/C19H28N4O3/c1-14(2)12-18-20-17(21-26-18)8-11-25-15-6-4-10-23(13-15)19(24)16-7-5-9-22(16)3/h5,7,9,14-15H,4,6,8,10-13H2,1-3H3. The Balaban J connectivity index is 1.46. The summed E-state index contributed by atoms with van der Waals surface area (Å²) in [7, 11) is 1.89. The summed E-state index contributed by atoms with van der Waals surface area (Å²) in [6.45, 7) is 6.21. The number of rotatable bonds is 7. The van der Waals surface area contributed by atoms with Crippen LogP contribution in [0.3, 0.4) is 0 Å². The minimum atomic E-state index is 0.0648. The maximum absolute atomic E-state index is 12.6. The van der Waals surface area contributed by atoms with Crippen LogP contribution in [0, 0.1) is 5.92 Å². The number of hydrogen-bond acceptors (Lipinski definition) is 5. The molecule has 0 aliphatic carbocycles. The summed E-state index contributed by atoms with van der Waals surface area (Å²) in [6.07, 6.45) is 5.32. The fraction of sp³-hybridized carbons (Fsp3) is 0.632. The molecule has 7 nitrogen and oxygen atoms in total. The number of aryl methyl sites for hydroxylation is 1. The highest BCUT2D eigenvalue weighted by atomic mass is 16.5. The molecule has 3 rings (SSSR count). The van der Waals surface area contributed by atoms with Gasteiger partial charge < -0.3 is 18.7 Å². The van der Waals surface area contributed by atoms with Crippen molar-refractivity contribution < 1.29 is 14.1 Å². The maximum atomic E-state index is 12.6. The van der Waals surface area contributed by atoms with Crippen LogP contribution in [0.1, 0.15) is 48.9 Å². The Morgan fingerprint density at radius 1 is 1.46 bits per heavy atom. The summed E-state index contributed by atoms with van der Waals surface area (Å²) < 4.78 is 13.1. The first-order valence-electron chi connectivity index (χ1n) is 9.36. The van der Waals surface area contributed by atoms with Gasteiger partial charge in [0.25, 0.3) is 5.91 Å². The molecule has 1 unspecified atom stereocenters. The molecule has 2 aromatic rings. The van der Waals surface area contributed by atoms with Gasteiger partial charge >= 0.3 is 0 Å². The summed E-state index contributed by atoms with van der Waals surface area (Å²) in [5.41, 5.74) is 0.718. The molecule has 1 fully saturated rings. The molecule has 1 atom stereocenters. The second kappa shape index (κ2) is 8.49. The van der Waals surface area contributed by atoms with E-state index in [0.717, 1.165) is 31.5 Å². The van der Waals surface area contributed by atoms with Gasteiger partial charge in [-0.05, 0) is 30.9 Å². The van der Waals surface area contributed by atoms with Crippen LogP contribution in [0.5, 0.6) is 0 Å². The Hall–Kier alpha value is -2.15. The molecule has 26 heavy (non-hydrogen) atoms. The number of amides is 1. The van der Waals surface area contributed by atoms with E-state index >= 15 is 0 Å². The molecule has 0 N–H and O–H groups in total. The first-order valence-corrected chi connectivity index (χ1v) is 9.36. The Bertz CT molecular complexity index is 722. The monoisotopic (exact) mass is 360 g/mol. The zero-order valence-electron chi connectivity index (χ0n) is 15.9. The topological polar surface area (TPSA) is 73.4 Å². The average molecular weight is 360 g/mol. The predicted octanol–water partition coefficient (Wildman–Crippen LogP) is 2.47. The fourth-order valence-corrected chi connectivity index (χ4v) is 3.24. The van der Waals surface area contributed by atoms with Crippen molar-refractivity contribution in [3.8, 4) is 0 Å². The van der Waals surface area contributed by atoms with Crippen LogP contribution in [-0.4, -0.2) is 51.3 Å². The van der Waals surface area contributed by atoms with Crippen molar-refractivity contribution in [1.82, 2.24) is 19.6 Å². The molecule has 1 saturated heterocycles. The number of carbonyl (C=O) groups excluding carboxylic acids is 1. The average Bonchev–Trinajstić information content (AvgIpc) is 3.23. The van der Waals surface area contributed by atoms with Crippen molar-refractivity contribution in [2.75, 3.05) is 19.7 Å². The first kappa shape index (κ1) is 18.6. The zero-order chi connectivity index (χ0) is 18.5. The maximum Gasteiger partial charge on any atom is 0.270 e. The lowest BCUT2D eigenvalue weighted by atomic mass is 10.1. The number of aromatic nitrogens is 3. The second-order valence-electron chi connectivity index (χ2n) is 7.34. The molecular weight excluding hydrogens is 332 g/mol. The molecular formula is C19H28N4O3. The van der Waals surface area contributed by atoms with E-state index in [1.165, 1.54) is 0 Å². The highest BCUT2D eigenvalue weighted by Crippen LogP contribution is 2.16.